The van der Waals surface area contributed by atoms with E-state index in [9.17, 15) is 0 Å². The maximum absolute atomic E-state index is 9.04. The largest absolute Gasteiger partial charge is 0.357 e. The molecule has 0 radical (unpaired) electrons. The van der Waals surface area contributed by atoms with Gasteiger partial charge in [0.2, 0.25) is 0 Å². The molecule has 0 bridgehead atoms. The van der Waals surface area contributed by atoms with E-state index in [2.05, 4.69) is 45.4 Å². The highest BCUT2D eigenvalue weighted by Crippen LogP contribution is 2.29. The van der Waals surface area contributed by atoms with Crippen molar-refractivity contribution in [3.05, 3.63) is 77.6 Å². The first-order valence-electron chi connectivity index (χ1n) is 11.3. The van der Waals surface area contributed by atoms with Crippen molar-refractivity contribution >= 4 is 33.8 Å². The Morgan fingerprint density at radius 1 is 1.06 bits per heavy atom. The summed E-state index contributed by atoms with van der Waals surface area (Å²) < 4.78 is 1.79. The van der Waals surface area contributed by atoms with Crippen LogP contribution >= 0.6 is 0 Å². The van der Waals surface area contributed by atoms with Crippen LogP contribution in [-0.2, 0) is 7.05 Å². The number of fused-ring (bicyclic) bond motifs is 1. The Balaban J connectivity index is 1.43. The fraction of sp³-hybridized carbons (Fsp3) is 0.269. The number of aromatic nitrogens is 3. The van der Waals surface area contributed by atoms with Crippen molar-refractivity contribution in [2.75, 3.05) is 23.3 Å². The number of nitrogens with zero attached hydrogens (tertiary/aromatic N) is 4. The molecule has 1 aliphatic rings. The third-order valence-electron chi connectivity index (χ3n) is 6.36. The molecule has 2 aromatic carbocycles. The molecular formula is C26H29N7. The lowest BCUT2D eigenvalue weighted by Crippen LogP contribution is -2.40. The molecular weight excluding hydrogens is 410 g/mol. The number of para-hydroxylation sites is 1. The number of nitrogens with two attached hydrogens (primary N) is 1. The van der Waals surface area contributed by atoms with Crippen LogP contribution < -0.4 is 16.0 Å². The first kappa shape index (κ1) is 21.2. The van der Waals surface area contributed by atoms with Gasteiger partial charge in [0.1, 0.15) is 5.82 Å². The summed E-state index contributed by atoms with van der Waals surface area (Å²) in [6, 6.07) is 16.4. The zero-order chi connectivity index (χ0) is 22.9. The van der Waals surface area contributed by atoms with E-state index in [1.54, 1.807) is 4.68 Å². The third-order valence-corrected chi connectivity index (χ3v) is 6.36. The average molecular weight is 440 g/mol. The first-order valence-corrected chi connectivity index (χ1v) is 11.3. The monoisotopic (exact) mass is 439 g/mol. The Labute approximate surface area is 193 Å². The Kier molecular flexibility index (Phi) is 5.56. The van der Waals surface area contributed by atoms with Crippen molar-refractivity contribution in [1.82, 2.24) is 14.8 Å². The molecule has 33 heavy (non-hydrogen) atoms. The molecule has 5 rings (SSSR count). The van der Waals surface area contributed by atoms with Gasteiger partial charge in [-0.2, -0.15) is 5.10 Å². The van der Waals surface area contributed by atoms with Gasteiger partial charge in [-0.1, -0.05) is 30.3 Å². The van der Waals surface area contributed by atoms with Crippen LogP contribution in [0.25, 0.3) is 10.9 Å². The lowest BCUT2D eigenvalue weighted by molar-refractivity contribution is 0.498. The molecule has 0 amide bonds. The molecule has 0 unspecified atom stereocenters. The molecule has 0 aliphatic carbocycles. The Bertz CT molecular complexity index is 1300. The van der Waals surface area contributed by atoms with Gasteiger partial charge >= 0.3 is 0 Å². The molecule has 0 spiro atoms. The van der Waals surface area contributed by atoms with Gasteiger partial charge in [0.25, 0.3) is 0 Å². The van der Waals surface area contributed by atoms with E-state index in [-0.39, 0.29) is 0 Å². The number of hydrogen-bond acceptors (Lipinski definition) is 6. The standard InChI is InChI=1S/C26H29N7/c1-17-5-3-7-21(25(28)20-6-4-8-23-22(20)16-32(2)31-23)26(17)30-19-9-10-24(29-15-19)33-13-11-18(27)12-14-33/h3-10,15-16,18,28,30H,11-14,27H2,1-2H3. The van der Waals surface area contributed by atoms with Gasteiger partial charge in [-0.3, -0.25) is 10.1 Å². The van der Waals surface area contributed by atoms with E-state index in [1.807, 2.05) is 49.8 Å². The number of rotatable bonds is 5. The normalized spacial score (nSPS) is 14.6. The van der Waals surface area contributed by atoms with E-state index >= 15 is 0 Å². The number of aryl methyl sites for hydroxylation is 2. The van der Waals surface area contributed by atoms with Crippen molar-refractivity contribution in [3.63, 3.8) is 0 Å². The lowest BCUT2D eigenvalue weighted by Gasteiger charge is -2.31. The summed E-state index contributed by atoms with van der Waals surface area (Å²) in [6.45, 7) is 3.95. The average Bonchev–Trinajstić information content (AvgIpc) is 3.21. The number of anilines is 3. The zero-order valence-corrected chi connectivity index (χ0v) is 19.0. The molecule has 3 heterocycles. The first-order chi connectivity index (χ1) is 16.0. The maximum atomic E-state index is 9.04. The van der Waals surface area contributed by atoms with Gasteiger partial charge in [-0.25, -0.2) is 4.98 Å². The van der Waals surface area contributed by atoms with Gasteiger partial charge in [0.15, 0.2) is 0 Å². The van der Waals surface area contributed by atoms with E-state index < -0.39 is 0 Å². The van der Waals surface area contributed by atoms with E-state index in [0.717, 1.165) is 70.7 Å². The van der Waals surface area contributed by atoms with Crippen molar-refractivity contribution in [1.29, 1.82) is 5.41 Å². The molecule has 4 N–H and O–H groups in total. The highest BCUT2D eigenvalue weighted by molar-refractivity contribution is 6.20. The predicted octanol–water partition coefficient (Wildman–Crippen LogP) is 4.36. The highest BCUT2D eigenvalue weighted by atomic mass is 15.2. The smallest absolute Gasteiger partial charge is 0.128 e. The van der Waals surface area contributed by atoms with Crippen molar-refractivity contribution in [2.24, 2.45) is 12.8 Å². The van der Waals surface area contributed by atoms with Gasteiger partial charge < -0.3 is 16.0 Å². The minimum absolute atomic E-state index is 0.300. The molecule has 1 fully saturated rings. The van der Waals surface area contributed by atoms with Gasteiger partial charge in [0.05, 0.1) is 28.8 Å². The summed E-state index contributed by atoms with van der Waals surface area (Å²) in [4.78, 5) is 6.98. The van der Waals surface area contributed by atoms with Gasteiger partial charge in [0, 0.05) is 48.9 Å². The molecule has 7 nitrogen and oxygen atoms in total. The number of pyridine rings is 1. The van der Waals surface area contributed by atoms with E-state index in [4.69, 9.17) is 11.1 Å². The molecule has 0 saturated carbocycles. The number of nitrogens with one attached hydrogen (secondary N) is 2. The highest BCUT2D eigenvalue weighted by Gasteiger charge is 2.18. The SMILES string of the molecule is Cc1cccc(C(=N)c2cccc3nn(C)cc23)c1Nc1ccc(N2CCC(N)CC2)nc1. The molecule has 4 aromatic rings. The molecule has 168 valence electrons. The number of hydrogen-bond donors (Lipinski definition) is 3. The van der Waals surface area contributed by atoms with E-state index in [1.165, 1.54) is 0 Å². The summed E-state index contributed by atoms with van der Waals surface area (Å²) in [6.07, 6.45) is 5.84. The number of piperidine rings is 1. The van der Waals surface area contributed by atoms with Crippen LogP contribution in [0.5, 0.6) is 0 Å². The van der Waals surface area contributed by atoms with Crippen LogP contribution in [0.3, 0.4) is 0 Å². The second-order valence-corrected chi connectivity index (χ2v) is 8.77. The summed E-state index contributed by atoms with van der Waals surface area (Å²) in [7, 11) is 1.90. The van der Waals surface area contributed by atoms with Gasteiger partial charge in [-0.05, 0) is 43.5 Å². The molecule has 1 aliphatic heterocycles. The van der Waals surface area contributed by atoms with Crippen molar-refractivity contribution in [3.8, 4) is 0 Å². The molecule has 7 heteroatoms. The van der Waals surface area contributed by atoms with Crippen LogP contribution in [0.4, 0.5) is 17.2 Å². The predicted molar refractivity (Wildman–Crippen MR) is 135 cm³/mol. The molecule has 2 aromatic heterocycles. The minimum atomic E-state index is 0.300. The van der Waals surface area contributed by atoms with Crippen LogP contribution in [-0.4, -0.2) is 39.6 Å². The number of benzene rings is 2. The van der Waals surface area contributed by atoms with Crippen molar-refractivity contribution in [2.45, 2.75) is 25.8 Å². The summed E-state index contributed by atoms with van der Waals surface area (Å²) in [5.41, 5.74) is 12.0. The Morgan fingerprint density at radius 3 is 2.58 bits per heavy atom. The molecule has 0 atom stereocenters. The van der Waals surface area contributed by atoms with Crippen LogP contribution in [0.2, 0.25) is 0 Å². The molecule has 1 saturated heterocycles. The lowest BCUT2D eigenvalue weighted by atomic mass is 9.96. The Hall–Kier alpha value is -3.71. The zero-order valence-electron chi connectivity index (χ0n) is 19.0. The van der Waals surface area contributed by atoms with Crippen LogP contribution in [0, 0.1) is 12.3 Å². The quantitative estimate of drug-likeness (QED) is 0.402. The minimum Gasteiger partial charge on any atom is -0.357 e. The van der Waals surface area contributed by atoms with Crippen molar-refractivity contribution < 1.29 is 0 Å². The summed E-state index contributed by atoms with van der Waals surface area (Å²) in [5.74, 6) is 0.980. The second kappa shape index (κ2) is 8.67. The Morgan fingerprint density at radius 2 is 1.82 bits per heavy atom. The van der Waals surface area contributed by atoms with E-state index in [0.29, 0.717) is 11.8 Å². The third kappa shape index (κ3) is 4.19. The van der Waals surface area contributed by atoms with Crippen LogP contribution in [0.15, 0.2) is 60.9 Å². The topological polar surface area (TPSA) is 95.9 Å². The second-order valence-electron chi connectivity index (χ2n) is 8.77. The summed E-state index contributed by atoms with van der Waals surface area (Å²) >= 11 is 0. The maximum Gasteiger partial charge on any atom is 0.128 e. The van der Waals surface area contributed by atoms with Crippen LogP contribution in [0.1, 0.15) is 29.5 Å². The van der Waals surface area contributed by atoms with Gasteiger partial charge in [-0.15, -0.1) is 0 Å². The summed E-state index contributed by atoms with van der Waals surface area (Å²) in [5, 5.41) is 18.0. The fourth-order valence-electron chi connectivity index (χ4n) is 4.49. The fourth-order valence-corrected chi connectivity index (χ4v) is 4.49.